The molecule has 1 aliphatic rings. The normalized spacial score (nSPS) is 18.0. The molecule has 0 aliphatic carbocycles. The van der Waals surface area contributed by atoms with Gasteiger partial charge in [0.25, 0.3) is 5.91 Å². The van der Waals surface area contributed by atoms with Crippen LogP contribution in [0.5, 0.6) is 5.75 Å². The summed E-state index contributed by atoms with van der Waals surface area (Å²) in [6.07, 6.45) is 1.48. The molecule has 0 spiro atoms. The van der Waals surface area contributed by atoms with E-state index in [9.17, 15) is 14.4 Å². The zero-order valence-electron chi connectivity index (χ0n) is 17.9. The van der Waals surface area contributed by atoms with Gasteiger partial charge in [-0.15, -0.1) is 0 Å². The van der Waals surface area contributed by atoms with Gasteiger partial charge >= 0.3 is 0 Å². The summed E-state index contributed by atoms with van der Waals surface area (Å²) in [6.45, 7) is 3.24. The number of quaternary nitrogens is 1. The number of methoxy groups -OCH3 is 1. The maximum absolute atomic E-state index is 12.6. The molecule has 0 radical (unpaired) electrons. The van der Waals surface area contributed by atoms with E-state index in [1.807, 2.05) is 30.3 Å². The van der Waals surface area contributed by atoms with E-state index in [1.54, 1.807) is 18.2 Å². The number of hydrogen-bond acceptors (Lipinski definition) is 4. The minimum Gasteiger partial charge on any atom is -0.495 e. The molecule has 0 unspecified atom stereocenters. The third kappa shape index (κ3) is 6.55. The molecule has 0 atom stereocenters. The second-order valence-electron chi connectivity index (χ2n) is 7.70. The minimum atomic E-state index is -0.189. The average Bonchev–Trinajstić information content (AvgIpc) is 2.74. The van der Waals surface area contributed by atoms with Crippen molar-refractivity contribution in [2.24, 2.45) is 5.92 Å². The number of benzene rings is 2. The molecule has 3 rings (SSSR count). The van der Waals surface area contributed by atoms with Crippen molar-refractivity contribution in [1.82, 2.24) is 0 Å². The lowest BCUT2D eigenvalue weighted by atomic mass is 9.96. The van der Waals surface area contributed by atoms with Crippen molar-refractivity contribution in [3.8, 4) is 5.75 Å². The van der Waals surface area contributed by atoms with E-state index in [0.717, 1.165) is 36.5 Å². The molecule has 8 heteroatoms. The number of likely N-dealkylation sites (tertiary alicyclic amines) is 1. The Balaban J connectivity index is 1.50. The number of ether oxygens (including phenoxy) is 1. The first-order valence-electron chi connectivity index (χ1n) is 10.4. The molecule has 0 saturated carbocycles. The van der Waals surface area contributed by atoms with Crippen molar-refractivity contribution in [1.29, 1.82) is 0 Å². The van der Waals surface area contributed by atoms with Crippen molar-refractivity contribution in [2.75, 3.05) is 42.7 Å². The number of hydrogen-bond donors (Lipinski definition) is 4. The molecule has 1 saturated heterocycles. The zero-order chi connectivity index (χ0) is 22.2. The van der Waals surface area contributed by atoms with Crippen LogP contribution in [-0.2, 0) is 14.4 Å². The number of anilines is 3. The van der Waals surface area contributed by atoms with Gasteiger partial charge in [0.1, 0.15) is 5.75 Å². The quantitative estimate of drug-likeness (QED) is 0.540. The number of carbonyl (C=O) groups excluding carboxylic acids is 3. The van der Waals surface area contributed by atoms with Crippen LogP contribution in [0, 0.1) is 5.92 Å². The maximum atomic E-state index is 12.6. The number of rotatable bonds is 7. The molecule has 1 heterocycles. The van der Waals surface area contributed by atoms with Crippen molar-refractivity contribution < 1.29 is 24.0 Å². The zero-order valence-corrected chi connectivity index (χ0v) is 17.9. The fraction of sp³-hybridized carbons (Fsp3) is 0.348. The number of para-hydroxylation sites is 1. The van der Waals surface area contributed by atoms with E-state index in [1.165, 1.54) is 14.0 Å². The van der Waals surface area contributed by atoms with E-state index in [2.05, 4.69) is 16.0 Å². The average molecular weight is 426 g/mol. The number of nitrogens with one attached hydrogen (secondary N) is 4. The Morgan fingerprint density at radius 2 is 1.68 bits per heavy atom. The highest BCUT2D eigenvalue weighted by atomic mass is 16.5. The summed E-state index contributed by atoms with van der Waals surface area (Å²) >= 11 is 0. The lowest BCUT2D eigenvalue weighted by Crippen LogP contribution is -3.14. The van der Waals surface area contributed by atoms with Crippen LogP contribution in [0.3, 0.4) is 0 Å². The monoisotopic (exact) mass is 425 g/mol. The summed E-state index contributed by atoms with van der Waals surface area (Å²) in [5.74, 6) is 0.191. The Morgan fingerprint density at radius 3 is 2.32 bits per heavy atom. The largest absolute Gasteiger partial charge is 0.495 e. The summed E-state index contributed by atoms with van der Waals surface area (Å²) in [7, 11) is 1.53. The molecule has 1 aliphatic heterocycles. The maximum Gasteiger partial charge on any atom is 0.279 e. The van der Waals surface area contributed by atoms with Crippen LogP contribution in [-0.4, -0.2) is 44.5 Å². The molecule has 1 fully saturated rings. The fourth-order valence-corrected chi connectivity index (χ4v) is 3.74. The highest BCUT2D eigenvalue weighted by Gasteiger charge is 2.28. The molecule has 8 nitrogen and oxygen atoms in total. The van der Waals surface area contributed by atoms with Crippen LogP contribution in [0.2, 0.25) is 0 Å². The molecule has 2 aromatic carbocycles. The first-order valence-corrected chi connectivity index (χ1v) is 10.4. The fourth-order valence-electron chi connectivity index (χ4n) is 3.74. The van der Waals surface area contributed by atoms with Crippen molar-refractivity contribution in [3.05, 3.63) is 48.5 Å². The van der Waals surface area contributed by atoms with Crippen LogP contribution in [0.15, 0.2) is 48.5 Å². The lowest BCUT2D eigenvalue weighted by molar-refractivity contribution is -0.897. The second kappa shape index (κ2) is 10.6. The summed E-state index contributed by atoms with van der Waals surface area (Å²) in [4.78, 5) is 37.5. The third-order valence-corrected chi connectivity index (χ3v) is 5.31. The van der Waals surface area contributed by atoms with Crippen molar-refractivity contribution >= 4 is 34.8 Å². The number of carbonyl (C=O) groups is 3. The Bertz CT molecular complexity index is 924. The summed E-state index contributed by atoms with van der Waals surface area (Å²) in [6, 6.07) is 14.5. The molecule has 31 heavy (non-hydrogen) atoms. The smallest absolute Gasteiger partial charge is 0.279 e. The molecular formula is C23H29N4O4+. The molecule has 4 N–H and O–H groups in total. The van der Waals surface area contributed by atoms with Crippen LogP contribution >= 0.6 is 0 Å². The summed E-state index contributed by atoms with van der Waals surface area (Å²) in [5.41, 5.74) is 1.90. The summed E-state index contributed by atoms with van der Waals surface area (Å²) in [5, 5.41) is 8.53. The molecule has 0 aromatic heterocycles. The molecule has 0 bridgehead atoms. The van der Waals surface area contributed by atoms with Crippen LogP contribution in [0.25, 0.3) is 0 Å². The SMILES string of the molecule is COc1ccc(NC(C)=O)cc1NC(=O)C[NH+]1CCC(C(=O)Nc2ccccc2)CC1. The van der Waals surface area contributed by atoms with Gasteiger partial charge in [0.15, 0.2) is 6.54 Å². The van der Waals surface area contributed by atoms with Crippen LogP contribution in [0.4, 0.5) is 17.1 Å². The van der Waals surface area contributed by atoms with E-state index >= 15 is 0 Å². The van der Waals surface area contributed by atoms with Gasteiger partial charge in [-0.05, 0) is 30.3 Å². The second-order valence-corrected chi connectivity index (χ2v) is 7.70. The number of amides is 3. The molecular weight excluding hydrogens is 396 g/mol. The predicted molar refractivity (Wildman–Crippen MR) is 119 cm³/mol. The lowest BCUT2D eigenvalue weighted by Gasteiger charge is -2.28. The minimum absolute atomic E-state index is 0.0363. The van der Waals surface area contributed by atoms with Gasteiger partial charge in [-0.1, -0.05) is 18.2 Å². The Morgan fingerprint density at radius 1 is 0.968 bits per heavy atom. The molecule has 2 aromatic rings. The van der Waals surface area contributed by atoms with Crippen LogP contribution in [0.1, 0.15) is 19.8 Å². The first-order chi connectivity index (χ1) is 14.9. The van der Waals surface area contributed by atoms with E-state index in [4.69, 9.17) is 4.74 Å². The standard InChI is InChI=1S/C23H28N4O4/c1-16(28)24-19-8-9-21(31-2)20(14-19)26-22(29)15-27-12-10-17(11-13-27)23(30)25-18-6-4-3-5-7-18/h3-9,14,17H,10-13,15H2,1-2H3,(H,24,28)(H,25,30)(H,26,29)/p+1. The Labute approximate surface area is 182 Å². The predicted octanol–water partition coefficient (Wildman–Crippen LogP) is 1.53. The third-order valence-electron chi connectivity index (χ3n) is 5.31. The Hall–Kier alpha value is -3.39. The molecule has 3 amide bonds. The van der Waals surface area contributed by atoms with Crippen LogP contribution < -0.4 is 25.6 Å². The topological polar surface area (TPSA) is 101 Å². The highest BCUT2D eigenvalue weighted by Crippen LogP contribution is 2.27. The van der Waals surface area contributed by atoms with Crippen molar-refractivity contribution in [3.63, 3.8) is 0 Å². The summed E-state index contributed by atoms with van der Waals surface area (Å²) < 4.78 is 5.31. The van der Waals surface area contributed by atoms with Gasteiger partial charge in [0.2, 0.25) is 11.8 Å². The number of piperidine rings is 1. The first kappa shape index (κ1) is 22.3. The van der Waals surface area contributed by atoms with Gasteiger partial charge in [0, 0.05) is 37.1 Å². The van der Waals surface area contributed by atoms with Gasteiger partial charge in [-0.25, -0.2) is 0 Å². The van der Waals surface area contributed by atoms with E-state index < -0.39 is 0 Å². The van der Waals surface area contributed by atoms with E-state index in [-0.39, 0.29) is 23.6 Å². The van der Waals surface area contributed by atoms with Gasteiger partial charge in [-0.3, -0.25) is 14.4 Å². The van der Waals surface area contributed by atoms with Crippen molar-refractivity contribution in [2.45, 2.75) is 19.8 Å². The van der Waals surface area contributed by atoms with Gasteiger partial charge in [-0.2, -0.15) is 0 Å². The van der Waals surface area contributed by atoms with Gasteiger partial charge in [0.05, 0.1) is 25.9 Å². The Kier molecular flexibility index (Phi) is 7.61. The highest BCUT2D eigenvalue weighted by molar-refractivity contribution is 5.95. The van der Waals surface area contributed by atoms with E-state index in [0.29, 0.717) is 23.7 Å². The van der Waals surface area contributed by atoms with Gasteiger partial charge < -0.3 is 25.6 Å². The molecule has 164 valence electrons.